The zero-order chi connectivity index (χ0) is 14.2. The maximum atomic E-state index is 11.2. The highest BCUT2D eigenvalue weighted by molar-refractivity contribution is 6.16. The molecule has 96 valence electrons. The van der Waals surface area contributed by atoms with Crippen LogP contribution in [-0.2, 0) is 0 Å². The summed E-state index contributed by atoms with van der Waals surface area (Å²) < 4.78 is 0. The maximum Gasteiger partial charge on any atom is 0.338 e. The third-order valence-corrected chi connectivity index (χ3v) is 2.55. The van der Waals surface area contributed by atoms with Gasteiger partial charge in [0.25, 0.3) is 0 Å². The smallest absolute Gasteiger partial charge is 0.338 e. The van der Waals surface area contributed by atoms with Gasteiger partial charge in [0, 0.05) is 11.6 Å². The van der Waals surface area contributed by atoms with Gasteiger partial charge in [-0.05, 0) is 12.1 Å². The van der Waals surface area contributed by atoms with Gasteiger partial charge in [-0.2, -0.15) is 0 Å². The summed E-state index contributed by atoms with van der Waals surface area (Å²) in [6.07, 6.45) is 1.31. The van der Waals surface area contributed by atoms with E-state index in [9.17, 15) is 14.4 Å². The van der Waals surface area contributed by atoms with Gasteiger partial charge in [0.2, 0.25) is 0 Å². The van der Waals surface area contributed by atoms with Gasteiger partial charge in [0.05, 0.1) is 16.6 Å². The largest absolute Gasteiger partial charge is 0.478 e. The SMILES string of the molecule is O=C(O)c1cc2cccnc2c(C(=O)O)c1C(=O)O. The lowest BCUT2D eigenvalue weighted by Crippen LogP contribution is -2.15. The van der Waals surface area contributed by atoms with E-state index in [0.29, 0.717) is 0 Å². The summed E-state index contributed by atoms with van der Waals surface area (Å²) in [7, 11) is 0. The molecule has 3 N–H and O–H groups in total. The Balaban J connectivity index is 3.04. The second-order valence-electron chi connectivity index (χ2n) is 3.66. The summed E-state index contributed by atoms with van der Waals surface area (Å²) in [5.41, 5.74) is -2.03. The molecule has 1 aromatic heterocycles. The molecule has 19 heavy (non-hydrogen) atoms. The van der Waals surface area contributed by atoms with E-state index in [0.717, 1.165) is 6.07 Å². The molecule has 0 bridgehead atoms. The summed E-state index contributed by atoms with van der Waals surface area (Å²) >= 11 is 0. The van der Waals surface area contributed by atoms with Gasteiger partial charge in [0.1, 0.15) is 5.56 Å². The van der Waals surface area contributed by atoms with Crippen LogP contribution < -0.4 is 0 Å². The van der Waals surface area contributed by atoms with Crippen LogP contribution in [0.3, 0.4) is 0 Å². The number of pyridine rings is 1. The highest BCUT2D eigenvalue weighted by atomic mass is 16.4. The second-order valence-corrected chi connectivity index (χ2v) is 3.66. The molecule has 0 radical (unpaired) electrons. The molecule has 0 saturated heterocycles. The van der Waals surface area contributed by atoms with Crippen LogP contribution in [0.4, 0.5) is 0 Å². The molecular weight excluding hydrogens is 254 g/mol. The highest BCUT2D eigenvalue weighted by Crippen LogP contribution is 2.25. The molecule has 0 aliphatic carbocycles. The quantitative estimate of drug-likeness (QED) is 0.760. The minimum Gasteiger partial charge on any atom is -0.478 e. The van der Waals surface area contributed by atoms with E-state index < -0.39 is 34.6 Å². The molecule has 0 atom stereocenters. The standard InChI is InChI=1S/C12H7NO6/c14-10(15)6-4-5-2-1-3-13-9(5)8(12(18)19)7(6)11(16)17/h1-4H,(H,14,15)(H,16,17)(H,18,19). The molecule has 0 fully saturated rings. The number of nitrogens with zero attached hydrogens (tertiary/aromatic N) is 1. The molecule has 1 heterocycles. The van der Waals surface area contributed by atoms with Crippen LogP contribution in [0.1, 0.15) is 31.1 Å². The third kappa shape index (κ3) is 1.97. The number of aromatic carboxylic acids is 3. The van der Waals surface area contributed by atoms with E-state index in [-0.39, 0.29) is 10.9 Å². The number of aromatic nitrogens is 1. The molecule has 0 aliphatic rings. The number of fused-ring (bicyclic) bond motifs is 1. The van der Waals surface area contributed by atoms with Crippen LogP contribution in [0.15, 0.2) is 24.4 Å². The van der Waals surface area contributed by atoms with Crippen molar-refractivity contribution < 1.29 is 29.7 Å². The summed E-state index contributed by atoms with van der Waals surface area (Å²) in [5, 5.41) is 27.4. The first-order valence-corrected chi connectivity index (χ1v) is 5.05. The molecule has 0 amide bonds. The molecule has 7 nitrogen and oxygen atoms in total. The van der Waals surface area contributed by atoms with Crippen molar-refractivity contribution in [2.45, 2.75) is 0 Å². The summed E-state index contributed by atoms with van der Waals surface area (Å²) in [6.45, 7) is 0. The van der Waals surface area contributed by atoms with Gasteiger partial charge in [-0.1, -0.05) is 6.07 Å². The Morgan fingerprint density at radius 3 is 2.11 bits per heavy atom. The van der Waals surface area contributed by atoms with E-state index in [1.165, 1.54) is 18.3 Å². The molecule has 2 rings (SSSR count). The number of hydrogen-bond acceptors (Lipinski definition) is 4. The zero-order valence-corrected chi connectivity index (χ0v) is 9.32. The van der Waals surface area contributed by atoms with Gasteiger partial charge in [-0.15, -0.1) is 0 Å². The van der Waals surface area contributed by atoms with Crippen LogP contribution in [0.2, 0.25) is 0 Å². The van der Waals surface area contributed by atoms with Crippen molar-refractivity contribution in [2.24, 2.45) is 0 Å². The number of carbonyl (C=O) groups is 3. The molecule has 1 aromatic carbocycles. The molecular formula is C12H7NO6. The Bertz CT molecular complexity index is 721. The number of benzene rings is 1. The van der Waals surface area contributed by atoms with Crippen LogP contribution in [-0.4, -0.2) is 38.2 Å². The Labute approximate surface area is 105 Å². The number of hydrogen-bond donors (Lipinski definition) is 3. The van der Waals surface area contributed by atoms with Crippen LogP contribution >= 0.6 is 0 Å². The van der Waals surface area contributed by atoms with E-state index in [4.69, 9.17) is 15.3 Å². The van der Waals surface area contributed by atoms with Crippen molar-refractivity contribution in [1.29, 1.82) is 0 Å². The van der Waals surface area contributed by atoms with Crippen molar-refractivity contribution >= 4 is 28.8 Å². The van der Waals surface area contributed by atoms with Gasteiger partial charge in [0.15, 0.2) is 0 Å². The van der Waals surface area contributed by atoms with Crippen molar-refractivity contribution in [3.63, 3.8) is 0 Å². The van der Waals surface area contributed by atoms with Crippen LogP contribution in [0.5, 0.6) is 0 Å². The second kappa shape index (κ2) is 4.37. The normalized spacial score (nSPS) is 10.3. The average Bonchev–Trinajstić information content (AvgIpc) is 2.35. The number of carboxylic acid groups (broad SMARTS) is 3. The maximum absolute atomic E-state index is 11.2. The van der Waals surface area contributed by atoms with Crippen LogP contribution in [0.25, 0.3) is 10.9 Å². The summed E-state index contributed by atoms with van der Waals surface area (Å²) in [5.74, 6) is -4.67. The highest BCUT2D eigenvalue weighted by Gasteiger charge is 2.27. The molecule has 0 spiro atoms. The van der Waals surface area contributed by atoms with Crippen molar-refractivity contribution in [3.05, 3.63) is 41.1 Å². The fraction of sp³-hybridized carbons (Fsp3) is 0. The van der Waals surface area contributed by atoms with Gasteiger partial charge in [-0.3, -0.25) is 4.98 Å². The summed E-state index contributed by atoms with van der Waals surface area (Å²) in [4.78, 5) is 37.2. The van der Waals surface area contributed by atoms with E-state index >= 15 is 0 Å². The lowest BCUT2D eigenvalue weighted by atomic mass is 9.97. The molecule has 0 aliphatic heterocycles. The lowest BCUT2D eigenvalue weighted by Gasteiger charge is -2.09. The van der Waals surface area contributed by atoms with Gasteiger partial charge in [-0.25, -0.2) is 14.4 Å². The first-order chi connectivity index (χ1) is 8.93. The van der Waals surface area contributed by atoms with E-state index in [2.05, 4.69) is 4.98 Å². The van der Waals surface area contributed by atoms with Crippen molar-refractivity contribution in [2.75, 3.05) is 0 Å². The first kappa shape index (κ1) is 12.5. The topological polar surface area (TPSA) is 125 Å². The van der Waals surface area contributed by atoms with Gasteiger partial charge < -0.3 is 15.3 Å². The van der Waals surface area contributed by atoms with Gasteiger partial charge >= 0.3 is 17.9 Å². The first-order valence-electron chi connectivity index (χ1n) is 5.05. The Kier molecular flexibility index (Phi) is 2.88. The Morgan fingerprint density at radius 2 is 1.58 bits per heavy atom. The number of rotatable bonds is 3. The minimum absolute atomic E-state index is 0.0580. The predicted molar refractivity (Wildman–Crippen MR) is 62.6 cm³/mol. The molecule has 0 saturated carbocycles. The number of carboxylic acids is 3. The van der Waals surface area contributed by atoms with Crippen molar-refractivity contribution in [1.82, 2.24) is 4.98 Å². The Morgan fingerprint density at radius 1 is 0.947 bits per heavy atom. The zero-order valence-electron chi connectivity index (χ0n) is 9.32. The predicted octanol–water partition coefficient (Wildman–Crippen LogP) is 1.33. The lowest BCUT2D eigenvalue weighted by molar-refractivity contribution is 0.0634. The molecule has 0 unspecified atom stereocenters. The van der Waals surface area contributed by atoms with E-state index in [1.54, 1.807) is 0 Å². The van der Waals surface area contributed by atoms with E-state index in [1.807, 2.05) is 0 Å². The van der Waals surface area contributed by atoms with Crippen molar-refractivity contribution in [3.8, 4) is 0 Å². The Hall–Kier alpha value is -2.96. The third-order valence-electron chi connectivity index (χ3n) is 2.55. The fourth-order valence-corrected chi connectivity index (χ4v) is 1.82. The molecule has 2 aromatic rings. The van der Waals surface area contributed by atoms with Crippen LogP contribution in [0, 0.1) is 0 Å². The molecule has 7 heteroatoms. The summed E-state index contributed by atoms with van der Waals surface area (Å²) in [6, 6.07) is 4.06. The average molecular weight is 261 g/mol. The monoisotopic (exact) mass is 261 g/mol. The minimum atomic E-state index is -1.62. The fourth-order valence-electron chi connectivity index (χ4n) is 1.82.